The minimum Gasteiger partial charge on any atom is -0.309 e. The van der Waals surface area contributed by atoms with E-state index in [9.17, 15) is 10.1 Å². The summed E-state index contributed by atoms with van der Waals surface area (Å²) in [4.78, 5) is 10.7. The van der Waals surface area contributed by atoms with Crippen molar-refractivity contribution >= 4 is 33.4 Å². The summed E-state index contributed by atoms with van der Waals surface area (Å²) in [5.74, 6) is 2.33. The van der Waals surface area contributed by atoms with Crippen LogP contribution < -0.4 is 5.32 Å². The van der Waals surface area contributed by atoms with E-state index in [1.807, 2.05) is 23.9 Å². The Balaban J connectivity index is 2.01. The van der Waals surface area contributed by atoms with Crippen molar-refractivity contribution in [2.75, 3.05) is 11.5 Å². The fourth-order valence-electron chi connectivity index (χ4n) is 2.01. The van der Waals surface area contributed by atoms with E-state index in [1.54, 1.807) is 6.07 Å². The van der Waals surface area contributed by atoms with E-state index in [2.05, 4.69) is 21.2 Å². The third kappa shape index (κ3) is 3.70. The molecule has 18 heavy (non-hydrogen) atoms. The van der Waals surface area contributed by atoms with Crippen LogP contribution in [0.3, 0.4) is 0 Å². The molecule has 0 spiro atoms. The molecule has 4 nitrogen and oxygen atoms in total. The summed E-state index contributed by atoms with van der Waals surface area (Å²) in [6, 6.07) is 5.70. The van der Waals surface area contributed by atoms with E-state index >= 15 is 0 Å². The number of nitro benzene ring substituents is 1. The number of hydrogen-bond donors (Lipinski definition) is 1. The molecular weight excluding hydrogens is 316 g/mol. The quantitative estimate of drug-likeness (QED) is 0.679. The van der Waals surface area contributed by atoms with E-state index in [-0.39, 0.29) is 10.6 Å². The first-order valence-electron chi connectivity index (χ1n) is 5.91. The van der Waals surface area contributed by atoms with Gasteiger partial charge in [0.15, 0.2) is 0 Å². The van der Waals surface area contributed by atoms with Crippen molar-refractivity contribution in [1.82, 2.24) is 5.32 Å². The van der Waals surface area contributed by atoms with E-state index < -0.39 is 0 Å². The summed E-state index contributed by atoms with van der Waals surface area (Å²) in [6.45, 7) is 0.564. The SMILES string of the molecule is O=[N+]([O-])c1cc(Br)ccc1CNC1CCCSC1. The fourth-order valence-corrected chi connectivity index (χ4v) is 3.47. The van der Waals surface area contributed by atoms with Crippen LogP contribution in [0.1, 0.15) is 18.4 Å². The minimum absolute atomic E-state index is 0.181. The lowest BCUT2D eigenvalue weighted by Crippen LogP contribution is -2.33. The van der Waals surface area contributed by atoms with Gasteiger partial charge in [-0.05, 0) is 30.7 Å². The van der Waals surface area contributed by atoms with Gasteiger partial charge in [-0.2, -0.15) is 11.8 Å². The van der Waals surface area contributed by atoms with Gasteiger partial charge in [-0.3, -0.25) is 10.1 Å². The standard InChI is InChI=1S/C12H15BrN2O2S/c13-10-4-3-9(12(6-10)15(16)17)7-14-11-2-1-5-18-8-11/h3-4,6,11,14H,1-2,5,7-8H2. The highest BCUT2D eigenvalue weighted by atomic mass is 79.9. The van der Waals surface area contributed by atoms with Crippen molar-refractivity contribution in [3.05, 3.63) is 38.3 Å². The van der Waals surface area contributed by atoms with Crippen LogP contribution in [0.5, 0.6) is 0 Å². The second kappa shape index (κ2) is 6.54. The second-order valence-electron chi connectivity index (χ2n) is 4.33. The van der Waals surface area contributed by atoms with Crippen molar-refractivity contribution < 1.29 is 4.92 Å². The maximum atomic E-state index is 11.0. The Morgan fingerprint density at radius 2 is 2.39 bits per heavy atom. The van der Waals surface area contributed by atoms with Crippen LogP contribution in [0.15, 0.2) is 22.7 Å². The van der Waals surface area contributed by atoms with E-state index in [4.69, 9.17) is 0 Å². The molecule has 2 rings (SSSR count). The zero-order valence-corrected chi connectivity index (χ0v) is 12.3. The van der Waals surface area contributed by atoms with Crippen molar-refractivity contribution in [3.63, 3.8) is 0 Å². The van der Waals surface area contributed by atoms with Crippen molar-refractivity contribution in [2.45, 2.75) is 25.4 Å². The van der Waals surface area contributed by atoms with Crippen LogP contribution in [-0.4, -0.2) is 22.5 Å². The number of halogens is 1. The largest absolute Gasteiger partial charge is 0.309 e. The maximum Gasteiger partial charge on any atom is 0.275 e. The van der Waals surface area contributed by atoms with Crippen LogP contribution in [0, 0.1) is 10.1 Å². The average Bonchev–Trinajstić information content (AvgIpc) is 2.38. The van der Waals surface area contributed by atoms with Crippen molar-refractivity contribution in [2.24, 2.45) is 0 Å². The van der Waals surface area contributed by atoms with Gasteiger partial charge in [-0.1, -0.05) is 15.9 Å². The number of hydrogen-bond acceptors (Lipinski definition) is 4. The van der Waals surface area contributed by atoms with E-state index in [1.165, 1.54) is 12.2 Å². The third-order valence-corrected chi connectivity index (χ3v) is 4.69. The molecule has 6 heteroatoms. The lowest BCUT2D eigenvalue weighted by molar-refractivity contribution is -0.385. The lowest BCUT2D eigenvalue weighted by Gasteiger charge is -2.22. The summed E-state index contributed by atoms with van der Waals surface area (Å²) in [6.07, 6.45) is 2.39. The Hall–Kier alpha value is -0.590. The Labute approximate surface area is 119 Å². The highest BCUT2D eigenvalue weighted by Crippen LogP contribution is 2.24. The molecular formula is C12H15BrN2O2S. The second-order valence-corrected chi connectivity index (χ2v) is 6.39. The van der Waals surface area contributed by atoms with Crippen molar-refractivity contribution in [3.8, 4) is 0 Å². The van der Waals surface area contributed by atoms with Gasteiger partial charge >= 0.3 is 0 Å². The average molecular weight is 331 g/mol. The minimum atomic E-state index is -0.322. The number of benzene rings is 1. The molecule has 0 aliphatic carbocycles. The third-order valence-electron chi connectivity index (χ3n) is 2.99. The predicted molar refractivity (Wildman–Crippen MR) is 78.0 cm³/mol. The van der Waals surface area contributed by atoms with Gasteiger partial charge < -0.3 is 5.32 Å². The Morgan fingerprint density at radius 1 is 1.56 bits per heavy atom. The first kappa shape index (κ1) is 13.8. The van der Waals surface area contributed by atoms with Gasteiger partial charge in [0.1, 0.15) is 0 Å². The molecule has 1 fully saturated rings. The van der Waals surface area contributed by atoms with Gasteiger partial charge in [0.25, 0.3) is 5.69 Å². The van der Waals surface area contributed by atoms with Gasteiger partial charge in [0, 0.05) is 34.4 Å². The maximum absolute atomic E-state index is 11.0. The summed E-state index contributed by atoms with van der Waals surface area (Å²) < 4.78 is 0.742. The Morgan fingerprint density at radius 3 is 3.06 bits per heavy atom. The van der Waals surface area contributed by atoms with Gasteiger partial charge in [-0.15, -0.1) is 0 Å². The molecule has 1 aliphatic heterocycles. The number of thioether (sulfide) groups is 1. The summed E-state index contributed by atoms with van der Waals surface area (Å²) in [5, 5.41) is 14.4. The smallest absolute Gasteiger partial charge is 0.275 e. The van der Waals surface area contributed by atoms with Gasteiger partial charge in [0.05, 0.1) is 4.92 Å². The molecule has 1 aliphatic rings. The Bertz CT molecular complexity index is 436. The Kier molecular flexibility index (Phi) is 5.03. The first-order valence-corrected chi connectivity index (χ1v) is 7.85. The molecule has 1 aromatic rings. The molecule has 0 bridgehead atoms. The molecule has 0 aromatic heterocycles. The van der Waals surface area contributed by atoms with E-state index in [0.29, 0.717) is 12.6 Å². The monoisotopic (exact) mass is 330 g/mol. The van der Waals surface area contributed by atoms with Crippen molar-refractivity contribution in [1.29, 1.82) is 0 Å². The number of rotatable bonds is 4. The molecule has 0 radical (unpaired) electrons. The molecule has 1 atom stereocenters. The first-order chi connectivity index (χ1) is 8.66. The van der Waals surface area contributed by atoms with E-state index in [0.717, 1.165) is 22.2 Å². The number of nitrogens with zero attached hydrogens (tertiary/aromatic N) is 1. The normalized spacial score (nSPS) is 19.7. The molecule has 98 valence electrons. The highest BCUT2D eigenvalue weighted by Gasteiger charge is 2.17. The predicted octanol–water partition coefficient (Wildman–Crippen LogP) is 3.34. The zero-order chi connectivity index (χ0) is 13.0. The molecule has 1 N–H and O–H groups in total. The van der Waals surface area contributed by atoms with Crippen LogP contribution >= 0.6 is 27.7 Å². The van der Waals surface area contributed by atoms with Gasteiger partial charge in [0.2, 0.25) is 0 Å². The molecule has 1 heterocycles. The number of nitrogens with one attached hydrogen (secondary N) is 1. The summed E-state index contributed by atoms with van der Waals surface area (Å²) in [7, 11) is 0. The molecule has 1 unspecified atom stereocenters. The van der Waals surface area contributed by atoms with Crippen LogP contribution in [-0.2, 0) is 6.54 Å². The lowest BCUT2D eigenvalue weighted by atomic mass is 10.1. The molecule has 0 amide bonds. The summed E-state index contributed by atoms with van der Waals surface area (Å²) in [5.41, 5.74) is 0.930. The van der Waals surface area contributed by atoms with Crippen LogP contribution in [0.25, 0.3) is 0 Å². The topological polar surface area (TPSA) is 55.2 Å². The fraction of sp³-hybridized carbons (Fsp3) is 0.500. The highest BCUT2D eigenvalue weighted by molar-refractivity contribution is 9.10. The molecule has 0 saturated carbocycles. The number of nitro groups is 1. The van der Waals surface area contributed by atoms with Crippen LogP contribution in [0.2, 0.25) is 0 Å². The molecule has 1 saturated heterocycles. The van der Waals surface area contributed by atoms with Crippen LogP contribution in [0.4, 0.5) is 5.69 Å². The molecule has 1 aromatic carbocycles. The zero-order valence-electron chi connectivity index (χ0n) is 9.89. The van der Waals surface area contributed by atoms with Gasteiger partial charge in [-0.25, -0.2) is 0 Å². The summed E-state index contributed by atoms with van der Waals surface area (Å²) >= 11 is 5.21.